The van der Waals surface area contributed by atoms with E-state index >= 15 is 0 Å². The minimum Gasteiger partial charge on any atom is -0.385 e. The van der Waals surface area contributed by atoms with Crippen LogP contribution in [0.25, 0.3) is 0 Å². The van der Waals surface area contributed by atoms with Gasteiger partial charge in [-0.25, -0.2) is 9.48 Å². The van der Waals surface area contributed by atoms with Crippen LogP contribution in [-0.4, -0.2) is 42.0 Å². The van der Waals surface area contributed by atoms with Gasteiger partial charge in [-0.2, -0.15) is 0 Å². The van der Waals surface area contributed by atoms with Gasteiger partial charge in [-0.3, -0.25) is 5.10 Å². The SMILES string of the molecule is COCCCc1cc([N+]2(Cc3cc(C)no3)C=NC=CC2)n[nH]1. The smallest absolute Gasteiger partial charge is 0.252 e. The summed E-state index contributed by atoms with van der Waals surface area (Å²) in [5.74, 6) is 1.76. The second-order valence-electron chi connectivity index (χ2n) is 5.81. The van der Waals surface area contributed by atoms with Crippen molar-refractivity contribution in [2.24, 2.45) is 4.99 Å². The predicted octanol–water partition coefficient (Wildman–Crippen LogP) is 2.35. The highest BCUT2D eigenvalue weighted by Gasteiger charge is 2.34. The third kappa shape index (κ3) is 3.57. The summed E-state index contributed by atoms with van der Waals surface area (Å²) in [6, 6.07) is 4.06. The van der Waals surface area contributed by atoms with E-state index in [9.17, 15) is 0 Å². The van der Waals surface area contributed by atoms with Gasteiger partial charge in [0.25, 0.3) is 5.82 Å². The molecular weight excluding hydrogens is 294 g/mol. The Hall–Kier alpha value is -2.25. The predicted molar refractivity (Wildman–Crippen MR) is 88.0 cm³/mol. The molecule has 1 aliphatic heterocycles. The molecule has 0 radical (unpaired) electrons. The second-order valence-corrected chi connectivity index (χ2v) is 5.81. The van der Waals surface area contributed by atoms with Gasteiger partial charge in [0.2, 0.25) is 0 Å². The van der Waals surface area contributed by atoms with Crippen molar-refractivity contribution in [3.8, 4) is 0 Å². The van der Waals surface area contributed by atoms with Crippen LogP contribution in [0.1, 0.15) is 23.6 Å². The van der Waals surface area contributed by atoms with Crippen LogP contribution in [0.4, 0.5) is 5.82 Å². The minimum absolute atomic E-state index is 0.492. The van der Waals surface area contributed by atoms with Gasteiger partial charge < -0.3 is 9.26 Å². The maximum atomic E-state index is 5.39. The zero-order valence-electron chi connectivity index (χ0n) is 13.5. The van der Waals surface area contributed by atoms with Crippen LogP contribution in [0.15, 0.2) is 33.9 Å². The number of nitrogens with zero attached hydrogens (tertiary/aromatic N) is 4. The van der Waals surface area contributed by atoms with Crippen LogP contribution < -0.4 is 4.48 Å². The fraction of sp³-hybridized carbons (Fsp3) is 0.438. The molecule has 0 aromatic carbocycles. The van der Waals surface area contributed by atoms with Gasteiger partial charge >= 0.3 is 0 Å². The van der Waals surface area contributed by atoms with Crippen molar-refractivity contribution < 1.29 is 9.26 Å². The fourth-order valence-electron chi connectivity index (χ4n) is 2.73. The standard InChI is InChI=1S/C16H22N5O2/c1-13-9-15(23-20-13)11-21(7-4-6-17-12-21)16-10-14(18-19-16)5-3-8-22-2/h4,6,9-10,12H,3,5,7-8,11H2,1-2H3,(H,18,19)/q+1. The molecule has 1 N–H and O–H groups in total. The van der Waals surface area contributed by atoms with Crippen LogP contribution in [0.5, 0.6) is 0 Å². The summed E-state index contributed by atoms with van der Waals surface area (Å²) in [7, 11) is 1.72. The van der Waals surface area contributed by atoms with E-state index in [2.05, 4.69) is 26.4 Å². The number of aryl methyl sites for hydroxylation is 2. The summed E-state index contributed by atoms with van der Waals surface area (Å²) in [6.45, 7) is 4.09. The lowest BCUT2D eigenvalue weighted by molar-refractivity contribution is 0.195. The molecule has 1 atom stereocenters. The first-order valence-electron chi connectivity index (χ1n) is 7.74. The molecule has 1 aliphatic rings. The van der Waals surface area contributed by atoms with Gasteiger partial charge in [0, 0.05) is 37.7 Å². The van der Waals surface area contributed by atoms with E-state index < -0.39 is 0 Å². The normalized spacial score (nSPS) is 20.3. The van der Waals surface area contributed by atoms with Gasteiger partial charge in [0.1, 0.15) is 6.54 Å². The molecule has 0 saturated carbocycles. The summed E-state index contributed by atoms with van der Waals surface area (Å²) in [5, 5.41) is 11.6. The number of ether oxygens (including phenoxy) is 1. The summed E-state index contributed by atoms with van der Waals surface area (Å²) in [5.41, 5.74) is 1.98. The van der Waals surface area contributed by atoms with Crippen LogP contribution in [0.2, 0.25) is 0 Å². The van der Waals surface area contributed by atoms with Crippen LogP contribution in [0.3, 0.4) is 0 Å². The van der Waals surface area contributed by atoms with E-state index in [0.29, 0.717) is 11.0 Å². The Morgan fingerprint density at radius 2 is 2.30 bits per heavy atom. The van der Waals surface area contributed by atoms with E-state index in [0.717, 1.165) is 49.0 Å². The molecule has 0 saturated heterocycles. The van der Waals surface area contributed by atoms with E-state index in [-0.39, 0.29) is 0 Å². The number of aromatic amines is 1. The molecule has 0 fully saturated rings. The lowest BCUT2D eigenvalue weighted by Gasteiger charge is -2.29. The van der Waals surface area contributed by atoms with Gasteiger partial charge in [0.15, 0.2) is 18.6 Å². The Morgan fingerprint density at radius 3 is 3.00 bits per heavy atom. The van der Waals surface area contributed by atoms with Crippen molar-refractivity contribution in [2.45, 2.75) is 26.3 Å². The van der Waals surface area contributed by atoms with Gasteiger partial charge in [-0.05, 0) is 25.8 Å². The number of aromatic nitrogens is 3. The number of hydrogen-bond acceptors (Lipinski definition) is 5. The van der Waals surface area contributed by atoms with E-state index in [1.165, 1.54) is 0 Å². The Morgan fingerprint density at radius 1 is 1.39 bits per heavy atom. The van der Waals surface area contributed by atoms with Crippen molar-refractivity contribution in [1.82, 2.24) is 19.8 Å². The van der Waals surface area contributed by atoms with Crippen molar-refractivity contribution in [1.29, 1.82) is 0 Å². The lowest BCUT2D eigenvalue weighted by atomic mass is 10.2. The maximum Gasteiger partial charge on any atom is 0.252 e. The first-order valence-corrected chi connectivity index (χ1v) is 7.74. The minimum atomic E-state index is 0.492. The Balaban J connectivity index is 1.81. The molecule has 2 aromatic rings. The number of nitrogens with one attached hydrogen (secondary N) is 1. The quantitative estimate of drug-likeness (QED) is 0.628. The lowest BCUT2D eigenvalue weighted by Crippen LogP contribution is -2.48. The highest BCUT2D eigenvalue weighted by Crippen LogP contribution is 2.25. The average Bonchev–Trinajstić information content (AvgIpc) is 3.18. The molecule has 0 bridgehead atoms. The van der Waals surface area contributed by atoms with Crippen molar-refractivity contribution >= 4 is 12.2 Å². The Kier molecular flexibility index (Phi) is 4.68. The first kappa shape index (κ1) is 15.6. The fourth-order valence-corrected chi connectivity index (χ4v) is 2.73. The number of hydrogen-bond donors (Lipinski definition) is 1. The summed E-state index contributed by atoms with van der Waals surface area (Å²) in [6.07, 6.45) is 7.65. The molecule has 0 aliphatic carbocycles. The van der Waals surface area contributed by atoms with Crippen molar-refractivity contribution in [3.63, 3.8) is 0 Å². The average molecular weight is 316 g/mol. The zero-order valence-corrected chi connectivity index (χ0v) is 13.5. The monoisotopic (exact) mass is 316 g/mol. The third-order valence-corrected chi connectivity index (χ3v) is 3.89. The van der Waals surface area contributed by atoms with E-state index in [1.807, 2.05) is 31.6 Å². The van der Waals surface area contributed by atoms with Crippen molar-refractivity contribution in [2.75, 3.05) is 20.3 Å². The molecule has 122 valence electrons. The summed E-state index contributed by atoms with van der Waals surface area (Å²) >= 11 is 0. The summed E-state index contributed by atoms with van der Waals surface area (Å²) in [4.78, 5) is 4.33. The molecule has 0 amide bonds. The number of aliphatic imine (C=N–C) groups is 1. The van der Waals surface area contributed by atoms with Gasteiger partial charge in [-0.1, -0.05) is 5.16 Å². The third-order valence-electron chi connectivity index (χ3n) is 3.89. The highest BCUT2D eigenvalue weighted by molar-refractivity contribution is 5.73. The van der Waals surface area contributed by atoms with Gasteiger partial charge in [-0.15, -0.1) is 5.10 Å². The van der Waals surface area contributed by atoms with Crippen molar-refractivity contribution in [3.05, 3.63) is 41.6 Å². The Labute approximate surface area is 135 Å². The van der Waals surface area contributed by atoms with Gasteiger partial charge in [0.05, 0.1) is 5.69 Å². The molecule has 3 rings (SSSR count). The molecule has 0 spiro atoms. The highest BCUT2D eigenvalue weighted by atomic mass is 16.5. The zero-order chi connectivity index (χ0) is 16.1. The molecule has 7 nitrogen and oxygen atoms in total. The Bertz CT molecular complexity index is 703. The van der Waals surface area contributed by atoms with Crippen LogP contribution >= 0.6 is 0 Å². The summed E-state index contributed by atoms with van der Waals surface area (Å²) < 4.78 is 11.0. The number of rotatable bonds is 7. The molecular formula is C16H22N5O2+. The van der Waals surface area contributed by atoms with Crippen LogP contribution in [0, 0.1) is 6.92 Å². The largest absolute Gasteiger partial charge is 0.385 e. The molecule has 7 heteroatoms. The molecule has 1 unspecified atom stereocenters. The van der Waals surface area contributed by atoms with E-state index in [4.69, 9.17) is 9.26 Å². The number of H-pyrrole nitrogens is 1. The molecule has 23 heavy (non-hydrogen) atoms. The molecule has 2 aromatic heterocycles. The maximum absolute atomic E-state index is 5.39. The molecule has 3 heterocycles. The first-order chi connectivity index (χ1) is 11.2. The number of methoxy groups -OCH3 is 1. The number of quaternary nitrogens is 1. The van der Waals surface area contributed by atoms with E-state index in [1.54, 1.807) is 7.11 Å². The topological polar surface area (TPSA) is 76.3 Å². The van der Waals surface area contributed by atoms with Crippen LogP contribution in [-0.2, 0) is 17.7 Å². The second kappa shape index (κ2) is 6.89.